The summed E-state index contributed by atoms with van der Waals surface area (Å²) < 4.78 is 10.7. The molecule has 4 amide bonds. The highest BCUT2D eigenvalue weighted by Crippen LogP contribution is 2.54. The number of primary amides is 1. The number of carbonyl (C=O) groups is 4. The predicted octanol–water partition coefficient (Wildman–Crippen LogP) is 0.865. The van der Waals surface area contributed by atoms with Crippen molar-refractivity contribution in [1.29, 1.82) is 0 Å². The van der Waals surface area contributed by atoms with Crippen molar-refractivity contribution < 1.29 is 28.7 Å². The quantitative estimate of drug-likeness (QED) is 0.549. The molecule has 2 fully saturated rings. The molecule has 1 spiro atoms. The zero-order valence-electron chi connectivity index (χ0n) is 17.7. The number of amides is 4. The Labute approximate surface area is 198 Å². The van der Waals surface area contributed by atoms with E-state index in [0.717, 1.165) is 4.90 Å². The Morgan fingerprint density at radius 2 is 1.91 bits per heavy atom. The molecule has 0 aliphatic carbocycles. The number of fused-ring (bicyclic) bond motifs is 5. The van der Waals surface area contributed by atoms with Gasteiger partial charge in [-0.05, 0) is 35.9 Å². The highest BCUT2D eigenvalue weighted by molar-refractivity contribution is 6.31. The number of imide groups is 1. The normalized spacial score (nSPS) is 28.4. The van der Waals surface area contributed by atoms with E-state index in [1.165, 1.54) is 0 Å². The molecule has 174 valence electrons. The fourth-order valence-corrected chi connectivity index (χ4v) is 5.78. The number of nitrogens with zero attached hydrogens (tertiary/aromatic N) is 1. The maximum Gasteiger partial charge on any atom is 0.250 e. The van der Waals surface area contributed by atoms with Crippen LogP contribution >= 0.6 is 11.6 Å². The number of halogens is 1. The molecule has 4 aliphatic rings. The largest absolute Gasteiger partial charge is 0.454 e. The summed E-state index contributed by atoms with van der Waals surface area (Å²) in [6, 6.07) is 9.25. The molecule has 4 heterocycles. The van der Waals surface area contributed by atoms with Gasteiger partial charge in [-0.15, -0.1) is 0 Å². The van der Waals surface area contributed by atoms with Crippen molar-refractivity contribution in [3.8, 4) is 11.5 Å². The van der Waals surface area contributed by atoms with Crippen LogP contribution in [0.25, 0.3) is 0 Å². The number of rotatable bonds is 4. The Bertz CT molecular complexity index is 1300. The number of nitrogens with two attached hydrogens (primary N) is 1. The number of anilines is 1. The van der Waals surface area contributed by atoms with E-state index in [1.54, 1.807) is 36.4 Å². The van der Waals surface area contributed by atoms with Gasteiger partial charge in [0.15, 0.2) is 11.5 Å². The average Bonchev–Trinajstić information content (AvgIpc) is 3.51. The van der Waals surface area contributed by atoms with Crippen molar-refractivity contribution in [1.82, 2.24) is 10.2 Å². The van der Waals surface area contributed by atoms with E-state index in [2.05, 4.69) is 10.6 Å². The number of hydrogen-bond acceptors (Lipinski definition) is 7. The van der Waals surface area contributed by atoms with E-state index in [0.29, 0.717) is 33.3 Å². The summed E-state index contributed by atoms with van der Waals surface area (Å²) in [6.45, 7) is 0.0925. The van der Waals surface area contributed by atoms with Gasteiger partial charge in [0.05, 0.1) is 18.4 Å². The Morgan fingerprint density at radius 3 is 2.71 bits per heavy atom. The lowest BCUT2D eigenvalue weighted by molar-refractivity contribution is -0.143. The van der Waals surface area contributed by atoms with Crippen molar-refractivity contribution in [2.75, 3.05) is 12.1 Å². The van der Waals surface area contributed by atoms with Crippen molar-refractivity contribution in [2.24, 2.45) is 17.6 Å². The Morgan fingerprint density at radius 1 is 1.12 bits per heavy atom. The van der Waals surface area contributed by atoms with E-state index in [-0.39, 0.29) is 19.8 Å². The van der Waals surface area contributed by atoms with Crippen LogP contribution in [0.1, 0.15) is 17.5 Å². The summed E-state index contributed by atoms with van der Waals surface area (Å²) in [5.41, 5.74) is 5.54. The minimum Gasteiger partial charge on any atom is -0.454 e. The summed E-state index contributed by atoms with van der Waals surface area (Å²) in [6.07, 6.45) is -0.205. The summed E-state index contributed by atoms with van der Waals surface area (Å²) in [4.78, 5) is 53.6. The van der Waals surface area contributed by atoms with Gasteiger partial charge in [-0.1, -0.05) is 17.7 Å². The SMILES string of the molecule is NC(=O)CC1NC2(C(=O)Nc3ccc(Cl)cc32)[C@@H]2C(=O)N(Cc3ccc4c(c3)OCO4)C(=O)[C@H]12. The molecular formula is C23H19ClN4O6. The molecular weight excluding hydrogens is 464 g/mol. The molecule has 2 unspecified atom stereocenters. The van der Waals surface area contributed by atoms with Crippen molar-refractivity contribution in [3.63, 3.8) is 0 Å². The second kappa shape index (κ2) is 7.18. The summed E-state index contributed by atoms with van der Waals surface area (Å²) in [7, 11) is 0. The van der Waals surface area contributed by atoms with E-state index in [9.17, 15) is 19.2 Å². The number of nitrogens with one attached hydrogen (secondary N) is 2. The third kappa shape index (κ3) is 2.78. The van der Waals surface area contributed by atoms with Gasteiger partial charge in [-0.25, -0.2) is 0 Å². The van der Waals surface area contributed by atoms with Gasteiger partial charge >= 0.3 is 0 Å². The Kier molecular flexibility index (Phi) is 4.42. The number of hydrogen-bond donors (Lipinski definition) is 3. The van der Waals surface area contributed by atoms with Gasteiger partial charge in [-0.2, -0.15) is 0 Å². The van der Waals surface area contributed by atoms with Crippen LogP contribution in [0.3, 0.4) is 0 Å². The Balaban J connectivity index is 1.42. The zero-order valence-corrected chi connectivity index (χ0v) is 18.4. The minimum atomic E-state index is -1.54. The first-order chi connectivity index (χ1) is 16.3. The maximum atomic E-state index is 13.7. The number of carbonyl (C=O) groups excluding carboxylic acids is 4. The summed E-state index contributed by atoms with van der Waals surface area (Å²) >= 11 is 6.22. The van der Waals surface area contributed by atoms with Crippen molar-refractivity contribution in [3.05, 3.63) is 52.5 Å². The monoisotopic (exact) mass is 482 g/mol. The molecule has 2 aromatic carbocycles. The highest BCUT2D eigenvalue weighted by atomic mass is 35.5. The molecule has 0 radical (unpaired) electrons. The molecule has 10 nitrogen and oxygen atoms in total. The molecule has 2 saturated heterocycles. The van der Waals surface area contributed by atoms with Gasteiger partial charge in [0.2, 0.25) is 30.4 Å². The van der Waals surface area contributed by atoms with Crippen LogP contribution in [0.4, 0.5) is 5.69 Å². The lowest BCUT2D eigenvalue weighted by atomic mass is 9.76. The minimum absolute atomic E-state index is 0.00923. The molecule has 2 aromatic rings. The molecule has 4 aliphatic heterocycles. The molecule has 6 rings (SSSR count). The average molecular weight is 483 g/mol. The smallest absolute Gasteiger partial charge is 0.250 e. The molecule has 0 aromatic heterocycles. The van der Waals surface area contributed by atoms with Crippen molar-refractivity contribution in [2.45, 2.75) is 24.5 Å². The fourth-order valence-electron chi connectivity index (χ4n) is 5.60. The standard InChI is InChI=1S/C23H19ClN4O6/c24-11-2-3-13-12(6-11)23(22(32)26-13)19-18(14(27-23)7-17(25)29)20(30)28(21(19)31)8-10-1-4-15-16(5-10)34-9-33-15/h1-6,14,18-19,27H,7-9H2,(H2,25,29)(H,26,32)/t14?,18-,19+,23?/m1/s1. The van der Waals surface area contributed by atoms with E-state index in [1.807, 2.05) is 0 Å². The number of likely N-dealkylation sites (tertiary alicyclic amines) is 1. The molecule has 4 atom stereocenters. The number of benzene rings is 2. The second-order valence-corrected chi connectivity index (χ2v) is 9.26. The topological polar surface area (TPSA) is 140 Å². The van der Waals surface area contributed by atoms with Crippen LogP contribution in [0, 0.1) is 11.8 Å². The number of ether oxygens (including phenoxy) is 2. The van der Waals surface area contributed by atoms with E-state index >= 15 is 0 Å². The van der Waals surface area contributed by atoms with E-state index < -0.39 is 47.0 Å². The van der Waals surface area contributed by atoms with Gasteiger partial charge in [0, 0.05) is 28.7 Å². The lowest BCUT2D eigenvalue weighted by Crippen LogP contribution is -2.53. The second-order valence-electron chi connectivity index (χ2n) is 8.83. The Hall–Kier alpha value is -3.63. The van der Waals surface area contributed by atoms with Crippen LogP contribution < -0.4 is 25.8 Å². The summed E-state index contributed by atoms with van der Waals surface area (Å²) in [5.74, 6) is -2.98. The first kappa shape index (κ1) is 20.9. The van der Waals surface area contributed by atoms with Crippen LogP contribution in [0.5, 0.6) is 11.5 Å². The van der Waals surface area contributed by atoms with Gasteiger partial charge in [0.25, 0.3) is 0 Å². The van der Waals surface area contributed by atoms with Crippen LogP contribution in [0.2, 0.25) is 5.02 Å². The van der Waals surface area contributed by atoms with Crippen LogP contribution in [0.15, 0.2) is 36.4 Å². The first-order valence-electron chi connectivity index (χ1n) is 10.7. The third-order valence-corrected chi connectivity index (χ3v) is 7.20. The van der Waals surface area contributed by atoms with Gasteiger partial charge in [-0.3, -0.25) is 29.4 Å². The zero-order chi connectivity index (χ0) is 23.8. The molecule has 0 bridgehead atoms. The van der Waals surface area contributed by atoms with Crippen LogP contribution in [-0.4, -0.2) is 41.4 Å². The van der Waals surface area contributed by atoms with Gasteiger partial charge in [0.1, 0.15) is 5.54 Å². The molecule has 0 saturated carbocycles. The lowest BCUT2D eigenvalue weighted by Gasteiger charge is -2.29. The predicted molar refractivity (Wildman–Crippen MR) is 118 cm³/mol. The molecule has 11 heteroatoms. The highest BCUT2D eigenvalue weighted by Gasteiger charge is 2.70. The van der Waals surface area contributed by atoms with E-state index in [4.69, 9.17) is 26.8 Å². The maximum absolute atomic E-state index is 13.7. The third-order valence-electron chi connectivity index (χ3n) is 6.97. The van der Waals surface area contributed by atoms with Crippen molar-refractivity contribution >= 4 is 40.9 Å². The fraction of sp³-hybridized carbons (Fsp3) is 0.304. The van der Waals surface area contributed by atoms with Gasteiger partial charge < -0.3 is 20.5 Å². The summed E-state index contributed by atoms with van der Waals surface area (Å²) in [5, 5.41) is 6.29. The molecule has 4 N–H and O–H groups in total. The first-order valence-corrected chi connectivity index (χ1v) is 11.1. The van der Waals surface area contributed by atoms with Crippen LogP contribution in [-0.2, 0) is 31.3 Å². The molecule has 34 heavy (non-hydrogen) atoms.